The summed E-state index contributed by atoms with van der Waals surface area (Å²) in [5.41, 5.74) is 0.834. The lowest BCUT2D eigenvalue weighted by Gasteiger charge is -2.06. The Balaban J connectivity index is 0.00000264. The molecule has 2 heterocycles. The van der Waals surface area contributed by atoms with E-state index in [0.717, 1.165) is 24.4 Å². The minimum atomic E-state index is -0.0273. The van der Waals surface area contributed by atoms with E-state index in [4.69, 9.17) is 4.74 Å². The molecule has 0 saturated carbocycles. The van der Waals surface area contributed by atoms with Gasteiger partial charge in [-0.2, -0.15) is 15.4 Å². The number of ether oxygens (including phenoxy) is 1. The normalized spacial score (nSPS) is 9.96. The van der Waals surface area contributed by atoms with Crippen LogP contribution in [-0.2, 0) is 17.8 Å². The van der Waals surface area contributed by atoms with Crippen LogP contribution in [0.4, 0.5) is 0 Å². The number of halogens is 1. The molecule has 0 radical (unpaired) electrons. The SMILES string of the molecule is CCC[n+]1ccc(OCCC(=O)NCCc2cn[nH]n2)cc1.[Br-]. The van der Waals surface area contributed by atoms with Gasteiger partial charge >= 0.3 is 0 Å². The van der Waals surface area contributed by atoms with Crippen molar-refractivity contribution in [2.45, 2.75) is 32.7 Å². The maximum atomic E-state index is 11.7. The van der Waals surface area contributed by atoms with Gasteiger partial charge in [-0.15, -0.1) is 0 Å². The fourth-order valence-corrected chi connectivity index (χ4v) is 1.97. The molecule has 8 heteroatoms. The standard InChI is InChI=1S/C15H21N5O2.BrH/c1-2-8-20-9-4-14(5-10-20)22-11-6-15(21)16-7-3-13-12-17-19-18-13;/h4-5,9-10,12H,2-3,6-8,11H2,1H3,(H-,16,17,18,19,21);1H. The zero-order valence-electron chi connectivity index (χ0n) is 13.2. The first-order valence-electron chi connectivity index (χ1n) is 7.51. The molecule has 0 aliphatic carbocycles. The maximum Gasteiger partial charge on any atom is 0.223 e. The molecule has 0 fully saturated rings. The molecule has 23 heavy (non-hydrogen) atoms. The number of carbonyl (C=O) groups is 1. The summed E-state index contributed by atoms with van der Waals surface area (Å²) in [7, 11) is 0. The Hall–Kier alpha value is -1.96. The number of H-pyrrole nitrogens is 1. The monoisotopic (exact) mass is 383 g/mol. The summed E-state index contributed by atoms with van der Waals surface area (Å²) in [5.74, 6) is 0.753. The molecule has 2 aromatic rings. The van der Waals surface area contributed by atoms with Crippen molar-refractivity contribution in [3.63, 3.8) is 0 Å². The van der Waals surface area contributed by atoms with Gasteiger partial charge in [0.05, 0.1) is 24.9 Å². The summed E-state index contributed by atoms with van der Waals surface area (Å²) >= 11 is 0. The fraction of sp³-hybridized carbons (Fsp3) is 0.467. The van der Waals surface area contributed by atoms with Gasteiger partial charge in [0.25, 0.3) is 0 Å². The van der Waals surface area contributed by atoms with Gasteiger partial charge in [-0.3, -0.25) is 4.79 Å². The molecule has 0 aromatic carbocycles. The second-order valence-corrected chi connectivity index (χ2v) is 4.93. The molecule has 0 atom stereocenters. The highest BCUT2D eigenvalue weighted by atomic mass is 79.9. The van der Waals surface area contributed by atoms with E-state index in [2.05, 4.69) is 32.2 Å². The molecular weight excluding hydrogens is 362 g/mol. The minimum absolute atomic E-state index is 0. The summed E-state index contributed by atoms with van der Waals surface area (Å²) in [6, 6.07) is 3.83. The first kappa shape index (κ1) is 19.1. The van der Waals surface area contributed by atoms with Gasteiger partial charge in [-0.05, 0) is 0 Å². The zero-order chi connectivity index (χ0) is 15.6. The Kier molecular flexibility index (Phi) is 8.89. The Morgan fingerprint density at radius 1 is 1.39 bits per heavy atom. The van der Waals surface area contributed by atoms with Gasteiger partial charge in [-0.1, -0.05) is 6.92 Å². The van der Waals surface area contributed by atoms with Crippen molar-refractivity contribution in [3.05, 3.63) is 36.4 Å². The third kappa shape index (κ3) is 7.23. The van der Waals surface area contributed by atoms with E-state index in [-0.39, 0.29) is 22.9 Å². The number of hydrogen-bond donors (Lipinski definition) is 2. The van der Waals surface area contributed by atoms with Gasteiger partial charge < -0.3 is 27.0 Å². The molecular formula is C15H22BrN5O2. The Morgan fingerprint density at radius 2 is 2.17 bits per heavy atom. The Labute approximate surface area is 146 Å². The highest BCUT2D eigenvalue weighted by molar-refractivity contribution is 5.75. The van der Waals surface area contributed by atoms with E-state index in [9.17, 15) is 4.79 Å². The number of aromatic amines is 1. The second kappa shape index (κ2) is 10.7. The molecule has 0 aliphatic rings. The topological polar surface area (TPSA) is 83.8 Å². The minimum Gasteiger partial charge on any atom is -1.00 e. The van der Waals surface area contributed by atoms with Gasteiger partial charge in [-0.25, -0.2) is 4.57 Å². The van der Waals surface area contributed by atoms with E-state index < -0.39 is 0 Å². The first-order valence-corrected chi connectivity index (χ1v) is 7.51. The van der Waals surface area contributed by atoms with Crippen LogP contribution >= 0.6 is 0 Å². The lowest BCUT2D eigenvalue weighted by Crippen LogP contribution is -3.00. The number of amides is 1. The van der Waals surface area contributed by atoms with Gasteiger partial charge in [0.1, 0.15) is 12.3 Å². The molecule has 1 amide bonds. The van der Waals surface area contributed by atoms with Crippen molar-refractivity contribution < 1.29 is 31.1 Å². The van der Waals surface area contributed by atoms with Crippen molar-refractivity contribution in [2.75, 3.05) is 13.2 Å². The lowest BCUT2D eigenvalue weighted by atomic mass is 10.3. The number of hydrogen-bond acceptors (Lipinski definition) is 4. The van der Waals surface area contributed by atoms with Crippen molar-refractivity contribution in [1.29, 1.82) is 0 Å². The first-order chi connectivity index (χ1) is 10.8. The number of aromatic nitrogens is 4. The van der Waals surface area contributed by atoms with Crippen LogP contribution in [0.2, 0.25) is 0 Å². The summed E-state index contributed by atoms with van der Waals surface area (Å²) in [5, 5.41) is 13.0. The molecule has 2 rings (SSSR count). The molecule has 0 saturated heterocycles. The van der Waals surface area contributed by atoms with Crippen LogP contribution in [-0.4, -0.2) is 34.5 Å². The van der Waals surface area contributed by atoms with Crippen LogP contribution in [0.3, 0.4) is 0 Å². The largest absolute Gasteiger partial charge is 1.00 e. The average molecular weight is 384 g/mol. The Morgan fingerprint density at radius 3 is 2.83 bits per heavy atom. The molecule has 126 valence electrons. The zero-order valence-corrected chi connectivity index (χ0v) is 14.8. The van der Waals surface area contributed by atoms with Crippen LogP contribution in [0.25, 0.3) is 0 Å². The maximum absolute atomic E-state index is 11.7. The van der Waals surface area contributed by atoms with E-state index in [1.165, 1.54) is 0 Å². The number of nitrogens with zero attached hydrogens (tertiary/aromatic N) is 3. The third-order valence-corrected chi connectivity index (χ3v) is 3.11. The average Bonchev–Trinajstić information content (AvgIpc) is 3.03. The summed E-state index contributed by atoms with van der Waals surface area (Å²) in [4.78, 5) is 11.7. The molecule has 0 spiro atoms. The van der Waals surface area contributed by atoms with E-state index >= 15 is 0 Å². The number of carbonyl (C=O) groups excluding carboxylic acids is 1. The number of rotatable bonds is 9. The lowest BCUT2D eigenvalue weighted by molar-refractivity contribution is -0.697. The number of nitrogens with one attached hydrogen (secondary N) is 2. The van der Waals surface area contributed by atoms with Crippen molar-refractivity contribution >= 4 is 5.91 Å². The summed E-state index contributed by atoms with van der Waals surface area (Å²) in [6.45, 7) is 4.05. The van der Waals surface area contributed by atoms with E-state index in [1.807, 2.05) is 24.5 Å². The molecule has 2 aromatic heterocycles. The van der Waals surface area contributed by atoms with Crippen LogP contribution in [0.15, 0.2) is 30.7 Å². The quantitative estimate of drug-likeness (QED) is 0.474. The Bertz CT molecular complexity index is 560. The highest BCUT2D eigenvalue weighted by Gasteiger charge is 2.04. The van der Waals surface area contributed by atoms with Gasteiger partial charge in [0, 0.05) is 31.5 Å². The summed E-state index contributed by atoms with van der Waals surface area (Å²) < 4.78 is 7.66. The smallest absolute Gasteiger partial charge is 0.223 e. The molecule has 7 nitrogen and oxygen atoms in total. The fourth-order valence-electron chi connectivity index (χ4n) is 1.97. The third-order valence-electron chi connectivity index (χ3n) is 3.11. The van der Waals surface area contributed by atoms with Crippen molar-refractivity contribution in [3.8, 4) is 5.75 Å². The van der Waals surface area contributed by atoms with Crippen LogP contribution < -0.4 is 31.6 Å². The van der Waals surface area contributed by atoms with Crippen molar-refractivity contribution in [2.24, 2.45) is 0 Å². The number of aryl methyl sites for hydroxylation is 1. The molecule has 2 N–H and O–H groups in total. The highest BCUT2D eigenvalue weighted by Crippen LogP contribution is 2.06. The second-order valence-electron chi connectivity index (χ2n) is 4.93. The van der Waals surface area contributed by atoms with Gasteiger partial charge in [0.2, 0.25) is 5.91 Å². The van der Waals surface area contributed by atoms with E-state index in [1.54, 1.807) is 6.20 Å². The number of pyridine rings is 1. The van der Waals surface area contributed by atoms with Crippen molar-refractivity contribution in [1.82, 2.24) is 20.7 Å². The predicted molar refractivity (Wildman–Crippen MR) is 80.1 cm³/mol. The predicted octanol–water partition coefficient (Wildman–Crippen LogP) is -2.37. The van der Waals surface area contributed by atoms with Gasteiger partial charge in [0.15, 0.2) is 12.4 Å². The molecule has 0 unspecified atom stereocenters. The molecule has 0 aliphatic heterocycles. The summed E-state index contributed by atoms with van der Waals surface area (Å²) in [6.07, 6.45) is 7.71. The van der Waals surface area contributed by atoms with Crippen LogP contribution in [0, 0.1) is 0 Å². The van der Waals surface area contributed by atoms with Crippen LogP contribution in [0.1, 0.15) is 25.5 Å². The molecule has 0 bridgehead atoms. The van der Waals surface area contributed by atoms with Crippen LogP contribution in [0.5, 0.6) is 5.75 Å². The van der Waals surface area contributed by atoms with E-state index in [0.29, 0.717) is 26.0 Å².